The number of rotatable bonds is 4. The second-order valence-corrected chi connectivity index (χ2v) is 9.49. The molecule has 2 atom stereocenters. The molecule has 0 aliphatic heterocycles. The highest BCUT2D eigenvalue weighted by atomic mass is 14.9. The second-order valence-electron chi connectivity index (χ2n) is 9.49. The lowest BCUT2D eigenvalue weighted by Gasteiger charge is -2.45. The fourth-order valence-corrected chi connectivity index (χ4v) is 5.30. The first-order chi connectivity index (χ1) is 9.26. The lowest BCUT2D eigenvalue weighted by atomic mass is 9.63. The van der Waals surface area contributed by atoms with E-state index in [4.69, 9.17) is 0 Å². The molecule has 2 unspecified atom stereocenters. The van der Waals surface area contributed by atoms with E-state index in [1.165, 1.54) is 57.9 Å². The van der Waals surface area contributed by atoms with E-state index in [-0.39, 0.29) is 0 Å². The highest BCUT2D eigenvalue weighted by Gasteiger charge is 2.38. The van der Waals surface area contributed by atoms with E-state index >= 15 is 0 Å². The van der Waals surface area contributed by atoms with Crippen LogP contribution in [0.2, 0.25) is 0 Å². The maximum atomic E-state index is 3.89. The molecule has 118 valence electrons. The molecule has 2 saturated carbocycles. The quantitative estimate of drug-likeness (QED) is 0.727. The van der Waals surface area contributed by atoms with Crippen LogP contribution in [0.3, 0.4) is 0 Å². The van der Waals surface area contributed by atoms with Gasteiger partial charge in [-0.3, -0.25) is 0 Å². The molecule has 0 amide bonds. The summed E-state index contributed by atoms with van der Waals surface area (Å²) in [6.45, 7) is 13.5. The van der Waals surface area contributed by atoms with Gasteiger partial charge >= 0.3 is 0 Å². The normalized spacial score (nSPS) is 34.0. The first kappa shape index (κ1) is 16.3. The van der Waals surface area contributed by atoms with Crippen LogP contribution < -0.4 is 5.32 Å². The topological polar surface area (TPSA) is 12.0 Å². The molecule has 0 aromatic carbocycles. The van der Waals surface area contributed by atoms with Crippen LogP contribution in [-0.4, -0.2) is 12.6 Å². The van der Waals surface area contributed by atoms with Crippen molar-refractivity contribution in [3.63, 3.8) is 0 Å². The lowest BCUT2D eigenvalue weighted by molar-refractivity contribution is 0.0841. The Balaban J connectivity index is 1.73. The molecular formula is C19H37N. The lowest BCUT2D eigenvalue weighted by Crippen LogP contribution is -2.44. The van der Waals surface area contributed by atoms with Crippen LogP contribution in [0.25, 0.3) is 0 Å². The van der Waals surface area contributed by atoms with Gasteiger partial charge < -0.3 is 5.32 Å². The molecule has 20 heavy (non-hydrogen) atoms. The van der Waals surface area contributed by atoms with Gasteiger partial charge in [0.05, 0.1) is 0 Å². The number of hydrogen-bond donors (Lipinski definition) is 1. The van der Waals surface area contributed by atoms with Gasteiger partial charge in [-0.1, -0.05) is 53.9 Å². The van der Waals surface area contributed by atoms with Crippen molar-refractivity contribution < 1.29 is 0 Å². The largest absolute Gasteiger partial charge is 0.314 e. The van der Waals surface area contributed by atoms with Crippen molar-refractivity contribution in [2.24, 2.45) is 22.7 Å². The smallest absolute Gasteiger partial charge is 0.00772 e. The summed E-state index contributed by atoms with van der Waals surface area (Å²) in [6.07, 6.45) is 11.4. The molecular weight excluding hydrogens is 242 g/mol. The van der Waals surface area contributed by atoms with Crippen LogP contribution >= 0.6 is 0 Å². The Morgan fingerprint density at radius 3 is 2.25 bits per heavy atom. The standard InChI is InChI=1S/C19H37N/c1-15-7-6-8-16(11-15)9-10-20-17-12-18(2,3)14-19(4,5)13-17/h15-17,20H,6-14H2,1-5H3. The summed E-state index contributed by atoms with van der Waals surface area (Å²) in [6, 6.07) is 0.745. The van der Waals surface area contributed by atoms with Gasteiger partial charge in [-0.2, -0.15) is 0 Å². The van der Waals surface area contributed by atoms with Crippen molar-refractivity contribution >= 4 is 0 Å². The predicted octanol–water partition coefficient (Wildman–Crippen LogP) is 5.40. The molecule has 2 rings (SSSR count). The van der Waals surface area contributed by atoms with Gasteiger partial charge in [-0.05, 0) is 61.3 Å². The Morgan fingerprint density at radius 2 is 1.65 bits per heavy atom. The van der Waals surface area contributed by atoms with Gasteiger partial charge in [-0.25, -0.2) is 0 Å². The zero-order valence-corrected chi connectivity index (χ0v) is 14.6. The van der Waals surface area contributed by atoms with Crippen LogP contribution in [0.15, 0.2) is 0 Å². The molecule has 2 aliphatic carbocycles. The van der Waals surface area contributed by atoms with Gasteiger partial charge in [0.1, 0.15) is 0 Å². The average Bonchev–Trinajstić information content (AvgIpc) is 2.24. The summed E-state index contributed by atoms with van der Waals surface area (Å²) in [7, 11) is 0. The van der Waals surface area contributed by atoms with Gasteiger partial charge in [0.2, 0.25) is 0 Å². The summed E-state index contributed by atoms with van der Waals surface area (Å²) < 4.78 is 0. The molecule has 2 fully saturated rings. The predicted molar refractivity (Wildman–Crippen MR) is 88.9 cm³/mol. The molecule has 1 N–H and O–H groups in total. The minimum atomic E-state index is 0.513. The first-order valence-electron chi connectivity index (χ1n) is 8.99. The molecule has 0 saturated heterocycles. The zero-order chi connectivity index (χ0) is 14.8. The Labute approximate surface area is 127 Å². The van der Waals surface area contributed by atoms with Crippen LogP contribution in [0.5, 0.6) is 0 Å². The van der Waals surface area contributed by atoms with Crippen molar-refractivity contribution in [2.45, 2.75) is 92.0 Å². The van der Waals surface area contributed by atoms with E-state index in [1.807, 2.05) is 0 Å². The second kappa shape index (κ2) is 6.38. The molecule has 1 heteroatoms. The fourth-order valence-electron chi connectivity index (χ4n) is 5.30. The number of hydrogen-bond acceptors (Lipinski definition) is 1. The Kier molecular flexibility index (Phi) is 5.21. The summed E-state index contributed by atoms with van der Waals surface area (Å²) in [5.41, 5.74) is 1.03. The van der Waals surface area contributed by atoms with Crippen molar-refractivity contribution in [2.75, 3.05) is 6.54 Å². The van der Waals surface area contributed by atoms with Crippen molar-refractivity contribution in [1.82, 2.24) is 5.32 Å². The summed E-state index contributed by atoms with van der Waals surface area (Å²) in [4.78, 5) is 0. The van der Waals surface area contributed by atoms with Crippen molar-refractivity contribution in [3.05, 3.63) is 0 Å². The molecule has 0 radical (unpaired) electrons. The molecule has 2 aliphatic rings. The monoisotopic (exact) mass is 279 g/mol. The third-order valence-electron chi connectivity index (χ3n) is 5.59. The first-order valence-corrected chi connectivity index (χ1v) is 8.99. The Bertz CT molecular complexity index is 289. The van der Waals surface area contributed by atoms with Crippen molar-refractivity contribution in [1.29, 1.82) is 0 Å². The van der Waals surface area contributed by atoms with E-state index in [2.05, 4.69) is 39.9 Å². The Hall–Kier alpha value is -0.0400. The van der Waals surface area contributed by atoms with Crippen LogP contribution in [-0.2, 0) is 0 Å². The minimum absolute atomic E-state index is 0.513. The van der Waals surface area contributed by atoms with Crippen LogP contribution in [0.4, 0.5) is 0 Å². The average molecular weight is 280 g/mol. The summed E-state index contributed by atoms with van der Waals surface area (Å²) in [5.74, 6) is 1.97. The molecule has 0 aromatic rings. The van der Waals surface area contributed by atoms with Crippen molar-refractivity contribution in [3.8, 4) is 0 Å². The van der Waals surface area contributed by atoms with Crippen LogP contribution in [0, 0.1) is 22.7 Å². The molecule has 0 aromatic heterocycles. The van der Waals surface area contributed by atoms with Gasteiger partial charge in [0.15, 0.2) is 0 Å². The molecule has 0 spiro atoms. The summed E-state index contributed by atoms with van der Waals surface area (Å²) >= 11 is 0. The third-order valence-corrected chi connectivity index (χ3v) is 5.59. The molecule has 1 nitrogen and oxygen atoms in total. The highest BCUT2D eigenvalue weighted by molar-refractivity contribution is 4.92. The SMILES string of the molecule is CC1CCCC(CCNC2CC(C)(C)CC(C)(C)C2)C1. The maximum absolute atomic E-state index is 3.89. The van der Waals surface area contributed by atoms with E-state index in [1.54, 1.807) is 0 Å². The van der Waals surface area contributed by atoms with Crippen LogP contribution in [0.1, 0.15) is 86.0 Å². The van der Waals surface area contributed by atoms with Gasteiger partial charge in [0, 0.05) is 6.04 Å². The molecule has 0 heterocycles. The Morgan fingerprint density at radius 1 is 1.00 bits per heavy atom. The third kappa shape index (κ3) is 5.06. The summed E-state index contributed by atoms with van der Waals surface area (Å²) in [5, 5.41) is 3.89. The van der Waals surface area contributed by atoms with Gasteiger partial charge in [0.25, 0.3) is 0 Å². The highest BCUT2D eigenvalue weighted by Crippen LogP contribution is 2.45. The van der Waals surface area contributed by atoms with E-state index < -0.39 is 0 Å². The van der Waals surface area contributed by atoms with E-state index in [0.717, 1.165) is 17.9 Å². The minimum Gasteiger partial charge on any atom is -0.314 e. The van der Waals surface area contributed by atoms with Gasteiger partial charge in [-0.15, -0.1) is 0 Å². The molecule has 0 bridgehead atoms. The zero-order valence-electron chi connectivity index (χ0n) is 14.6. The van der Waals surface area contributed by atoms with E-state index in [0.29, 0.717) is 10.8 Å². The number of nitrogens with one attached hydrogen (secondary N) is 1. The van der Waals surface area contributed by atoms with E-state index in [9.17, 15) is 0 Å². The fraction of sp³-hybridized carbons (Fsp3) is 1.00. The maximum Gasteiger partial charge on any atom is 0.00772 e.